The third-order valence-electron chi connectivity index (χ3n) is 2.17. The number of rotatable bonds is 3. The highest BCUT2D eigenvalue weighted by Crippen LogP contribution is 2.24. The van der Waals surface area contributed by atoms with Crippen molar-refractivity contribution in [1.82, 2.24) is 0 Å². The number of benzene rings is 1. The molecule has 2 heteroatoms. The maximum Gasteiger partial charge on any atom is 0.229 e. The van der Waals surface area contributed by atoms with Crippen molar-refractivity contribution in [3.8, 4) is 0 Å². The molecule has 0 saturated heterocycles. The summed E-state index contributed by atoms with van der Waals surface area (Å²) in [7, 11) is 0. The molecule has 1 aromatic rings. The minimum atomic E-state index is -0.457. The van der Waals surface area contributed by atoms with E-state index in [-0.39, 0.29) is 0 Å². The molecule has 2 nitrogen and oxygen atoms in total. The average molecular weight is 197 g/mol. The van der Waals surface area contributed by atoms with Crippen LogP contribution in [-0.2, 0) is 4.79 Å². The van der Waals surface area contributed by atoms with Gasteiger partial charge in [-0.2, -0.15) is 0 Å². The summed E-state index contributed by atoms with van der Waals surface area (Å²) >= 11 is 0. The first-order valence-corrected chi connectivity index (χ1v) is 4.65. The second-order valence-corrected chi connectivity index (χ2v) is 3.20. The zero-order valence-electron chi connectivity index (χ0n) is 8.01. The highest BCUT2D eigenvalue weighted by Gasteiger charge is 2.29. The molecule has 0 heterocycles. The summed E-state index contributed by atoms with van der Waals surface area (Å²) in [5.74, 6) is -0.461. The van der Waals surface area contributed by atoms with E-state index >= 15 is 0 Å². The highest BCUT2D eigenvalue weighted by molar-refractivity contribution is 6.49. The van der Waals surface area contributed by atoms with Gasteiger partial charge in [-0.25, -0.2) is 0 Å². The number of Topliss-reactive ketones (excluding diaryl/α,β-unsaturated/α-hetero) is 2. The van der Waals surface area contributed by atoms with Crippen molar-refractivity contribution in [1.29, 1.82) is 0 Å². The van der Waals surface area contributed by atoms with Gasteiger partial charge in [0.15, 0.2) is 0 Å². The van der Waals surface area contributed by atoms with Crippen LogP contribution in [0, 0.1) is 31.6 Å². The van der Waals surface area contributed by atoms with Crippen LogP contribution in [0.15, 0.2) is 30.3 Å². The van der Waals surface area contributed by atoms with Crippen molar-refractivity contribution < 1.29 is 9.59 Å². The number of hydrogen-bond donors (Lipinski definition) is 0. The van der Waals surface area contributed by atoms with Crippen molar-refractivity contribution in [3.05, 3.63) is 67.5 Å². The fourth-order valence-corrected chi connectivity index (χ4v) is 1.38. The van der Waals surface area contributed by atoms with Gasteiger partial charge in [0.2, 0.25) is 11.6 Å². The molecule has 0 aromatic heterocycles. The molecule has 0 bridgehead atoms. The number of carbonyl (C=O) groups is 2. The van der Waals surface area contributed by atoms with Crippen LogP contribution >= 0.6 is 0 Å². The van der Waals surface area contributed by atoms with E-state index in [2.05, 4.69) is 0 Å². The number of carbonyl (C=O) groups excluding carboxylic acids is 2. The average Bonchev–Trinajstić information content (AvgIpc) is 2.82. The van der Waals surface area contributed by atoms with Gasteiger partial charge in [0, 0.05) is 5.56 Å². The molecule has 0 aliphatic heterocycles. The van der Waals surface area contributed by atoms with Crippen LogP contribution in [0.3, 0.4) is 0 Å². The van der Waals surface area contributed by atoms with Crippen LogP contribution in [0.5, 0.6) is 0 Å². The summed E-state index contributed by atoms with van der Waals surface area (Å²) in [6.45, 7) is 0. The summed E-state index contributed by atoms with van der Waals surface area (Å²) in [6.07, 6.45) is 6.77. The zero-order chi connectivity index (χ0) is 10.7. The molecule has 1 saturated carbocycles. The van der Waals surface area contributed by atoms with E-state index in [4.69, 9.17) is 0 Å². The van der Waals surface area contributed by atoms with Crippen LogP contribution < -0.4 is 0 Å². The minimum Gasteiger partial charge on any atom is -0.290 e. The molecule has 0 unspecified atom stereocenters. The van der Waals surface area contributed by atoms with Crippen molar-refractivity contribution in [2.24, 2.45) is 0 Å². The maximum atomic E-state index is 11.7. The number of ketones is 2. The summed E-state index contributed by atoms with van der Waals surface area (Å²) < 4.78 is 0. The van der Waals surface area contributed by atoms with Gasteiger partial charge >= 0.3 is 0 Å². The van der Waals surface area contributed by atoms with E-state index in [1.807, 2.05) is 6.07 Å². The Bertz CT molecular complexity index is 361. The summed E-state index contributed by atoms with van der Waals surface area (Å²) in [6, 6.07) is 8.58. The molecule has 0 spiro atoms. The molecule has 1 aromatic carbocycles. The lowest BCUT2D eigenvalue weighted by Crippen LogP contribution is -2.20. The molecule has 0 amide bonds. The molecule has 73 valence electrons. The molecular weight excluding hydrogens is 188 g/mol. The van der Waals surface area contributed by atoms with Crippen LogP contribution in [0.25, 0.3) is 0 Å². The van der Waals surface area contributed by atoms with Gasteiger partial charge in [0.25, 0.3) is 0 Å². The Hall–Kier alpha value is -1.44. The summed E-state index contributed by atoms with van der Waals surface area (Å²) in [4.78, 5) is 23.4. The monoisotopic (exact) mass is 197 g/mol. The highest BCUT2D eigenvalue weighted by atomic mass is 16.2. The Kier molecular flexibility index (Phi) is 2.95. The molecule has 1 aliphatic carbocycles. The third kappa shape index (κ3) is 2.14. The van der Waals surface area contributed by atoms with Gasteiger partial charge in [-0.1, -0.05) is 30.3 Å². The first-order chi connectivity index (χ1) is 7.29. The molecular formula is C13H9O2. The van der Waals surface area contributed by atoms with E-state index in [1.165, 1.54) is 0 Å². The van der Waals surface area contributed by atoms with Crippen molar-refractivity contribution >= 4 is 11.6 Å². The normalized spacial score (nSPS) is 16.5. The van der Waals surface area contributed by atoms with E-state index < -0.39 is 11.6 Å². The SMILES string of the molecule is O=C([C]1[CH][CH][CH][CH]1)C(=O)c1ccccc1. The summed E-state index contributed by atoms with van der Waals surface area (Å²) in [5, 5.41) is 0. The predicted octanol–water partition coefficient (Wildman–Crippen LogP) is 1.84. The van der Waals surface area contributed by atoms with E-state index in [1.54, 1.807) is 49.9 Å². The van der Waals surface area contributed by atoms with Crippen LogP contribution in [-0.4, -0.2) is 11.6 Å². The Morgan fingerprint density at radius 2 is 1.40 bits per heavy atom. The van der Waals surface area contributed by atoms with Gasteiger partial charge in [-0.05, 0) is 25.7 Å². The van der Waals surface area contributed by atoms with Crippen molar-refractivity contribution in [2.45, 2.75) is 0 Å². The Morgan fingerprint density at radius 3 is 2.00 bits per heavy atom. The number of hydrogen-bond acceptors (Lipinski definition) is 2. The van der Waals surface area contributed by atoms with Gasteiger partial charge in [-0.15, -0.1) is 0 Å². The molecule has 1 fully saturated rings. The second-order valence-electron chi connectivity index (χ2n) is 3.20. The quantitative estimate of drug-likeness (QED) is 0.547. The first kappa shape index (κ1) is 10.1. The van der Waals surface area contributed by atoms with Crippen LogP contribution in [0.4, 0.5) is 0 Å². The topological polar surface area (TPSA) is 34.1 Å². The molecule has 0 N–H and O–H groups in total. The lowest BCUT2D eigenvalue weighted by molar-refractivity contribution is -0.112. The summed E-state index contributed by atoms with van der Waals surface area (Å²) in [5.41, 5.74) is 0.434. The maximum absolute atomic E-state index is 11.7. The predicted molar refractivity (Wildman–Crippen MR) is 56.2 cm³/mol. The van der Waals surface area contributed by atoms with Gasteiger partial charge in [0.05, 0.1) is 5.92 Å². The van der Waals surface area contributed by atoms with E-state index in [0.717, 1.165) is 0 Å². The zero-order valence-corrected chi connectivity index (χ0v) is 8.01. The molecule has 1 aliphatic rings. The van der Waals surface area contributed by atoms with Crippen molar-refractivity contribution in [2.75, 3.05) is 0 Å². The fraction of sp³-hybridized carbons (Fsp3) is 0. The fourth-order valence-electron chi connectivity index (χ4n) is 1.38. The molecule has 2 rings (SSSR count). The smallest absolute Gasteiger partial charge is 0.229 e. The van der Waals surface area contributed by atoms with Crippen LogP contribution in [0.1, 0.15) is 10.4 Å². The van der Waals surface area contributed by atoms with Gasteiger partial charge in [-0.3, -0.25) is 9.59 Å². The van der Waals surface area contributed by atoms with Gasteiger partial charge in [0.1, 0.15) is 0 Å². The Balaban J connectivity index is 2.11. The Labute approximate surface area is 89.3 Å². The first-order valence-electron chi connectivity index (χ1n) is 4.65. The largest absolute Gasteiger partial charge is 0.290 e. The Morgan fingerprint density at radius 1 is 0.800 bits per heavy atom. The second kappa shape index (κ2) is 4.39. The standard InChI is InChI=1S/C13H9O2/c14-12(10-6-2-1-3-7-10)13(15)11-8-4-5-9-11/h1-9H. The molecule has 15 heavy (non-hydrogen) atoms. The minimum absolute atomic E-state index is 0.434. The van der Waals surface area contributed by atoms with E-state index in [9.17, 15) is 9.59 Å². The molecule has 0 atom stereocenters. The lowest BCUT2D eigenvalue weighted by Gasteiger charge is -2.04. The van der Waals surface area contributed by atoms with Crippen molar-refractivity contribution in [3.63, 3.8) is 0 Å². The molecule has 5 radical (unpaired) electrons. The lowest BCUT2D eigenvalue weighted by atomic mass is 9.95. The van der Waals surface area contributed by atoms with E-state index in [0.29, 0.717) is 11.5 Å². The van der Waals surface area contributed by atoms with Gasteiger partial charge < -0.3 is 0 Å². The van der Waals surface area contributed by atoms with Crippen LogP contribution in [0.2, 0.25) is 0 Å². The third-order valence-corrected chi connectivity index (χ3v) is 2.17.